The van der Waals surface area contributed by atoms with E-state index in [1.165, 1.54) is 13.0 Å². The summed E-state index contributed by atoms with van der Waals surface area (Å²) >= 11 is 1.59. The number of esters is 1. The molecule has 5 nitrogen and oxygen atoms in total. The molecule has 7 heteroatoms. The summed E-state index contributed by atoms with van der Waals surface area (Å²) < 4.78 is 21.8. The smallest absolute Gasteiger partial charge is 0.304 e. The Balaban J connectivity index is 2.02. The van der Waals surface area contributed by atoms with Crippen molar-refractivity contribution < 1.29 is 13.9 Å². The minimum absolute atomic E-state index is 0.347. The second-order valence-electron chi connectivity index (χ2n) is 5.96. The first-order valence-corrected chi connectivity index (χ1v) is 9.53. The van der Waals surface area contributed by atoms with Crippen LogP contribution in [0.2, 0.25) is 0 Å². The molecule has 1 aliphatic heterocycles. The van der Waals surface area contributed by atoms with Crippen LogP contribution in [0.4, 0.5) is 4.39 Å². The van der Waals surface area contributed by atoms with Crippen LogP contribution in [0.1, 0.15) is 30.1 Å². The number of nitrogens with zero attached hydrogens (tertiary/aromatic N) is 3. The van der Waals surface area contributed by atoms with Gasteiger partial charge in [-0.05, 0) is 36.6 Å². The van der Waals surface area contributed by atoms with E-state index in [2.05, 4.69) is 9.98 Å². The summed E-state index contributed by atoms with van der Waals surface area (Å²) in [7, 11) is 0. The minimum atomic E-state index is -0.961. The first kappa shape index (κ1) is 17.5. The summed E-state index contributed by atoms with van der Waals surface area (Å²) in [6.45, 7) is 1.31. The zero-order valence-electron chi connectivity index (χ0n) is 14.7. The van der Waals surface area contributed by atoms with E-state index in [4.69, 9.17) is 4.74 Å². The van der Waals surface area contributed by atoms with Crippen molar-refractivity contribution in [1.82, 2.24) is 9.55 Å². The number of ether oxygens (including phenoxy) is 1. The molecule has 27 heavy (non-hydrogen) atoms. The molecule has 0 saturated carbocycles. The van der Waals surface area contributed by atoms with Crippen LogP contribution in [0, 0.1) is 5.82 Å². The molecule has 2 aromatic carbocycles. The number of hydrogen-bond donors (Lipinski definition) is 0. The predicted octanol–water partition coefficient (Wildman–Crippen LogP) is 4.15. The van der Waals surface area contributed by atoms with Crippen molar-refractivity contribution in [3.63, 3.8) is 0 Å². The van der Waals surface area contributed by atoms with E-state index in [0.29, 0.717) is 17.1 Å². The lowest BCUT2D eigenvalue weighted by atomic mass is 10.00. The summed E-state index contributed by atoms with van der Waals surface area (Å²) in [6.07, 6.45) is 4.42. The molecule has 0 bridgehead atoms. The van der Waals surface area contributed by atoms with Crippen molar-refractivity contribution in [2.75, 3.05) is 6.26 Å². The number of benzene rings is 2. The van der Waals surface area contributed by atoms with Gasteiger partial charge in [0.1, 0.15) is 5.82 Å². The van der Waals surface area contributed by atoms with Crippen LogP contribution in [0.25, 0.3) is 5.69 Å². The average molecular weight is 381 g/mol. The lowest BCUT2D eigenvalue weighted by Gasteiger charge is -2.13. The maximum absolute atomic E-state index is 14.6. The number of thioether (sulfide) groups is 1. The second-order valence-corrected chi connectivity index (χ2v) is 6.84. The molecule has 4 rings (SSSR count). The van der Waals surface area contributed by atoms with E-state index >= 15 is 0 Å². The number of aliphatic imine (C=N–C) groups is 1. The van der Waals surface area contributed by atoms with Gasteiger partial charge in [-0.3, -0.25) is 9.36 Å². The van der Waals surface area contributed by atoms with Gasteiger partial charge in [0.15, 0.2) is 5.82 Å². The number of aromatic nitrogens is 2. The van der Waals surface area contributed by atoms with Gasteiger partial charge in [-0.25, -0.2) is 14.4 Å². The Hall–Kier alpha value is -2.93. The number of hydrogen-bond acceptors (Lipinski definition) is 5. The van der Waals surface area contributed by atoms with Gasteiger partial charge in [0, 0.05) is 35.3 Å². The van der Waals surface area contributed by atoms with Crippen molar-refractivity contribution in [2.24, 2.45) is 4.99 Å². The molecule has 0 fully saturated rings. The van der Waals surface area contributed by atoms with Crippen LogP contribution >= 0.6 is 11.8 Å². The summed E-state index contributed by atoms with van der Waals surface area (Å²) in [5.41, 5.74) is 2.33. The molecular weight excluding hydrogens is 365 g/mol. The molecule has 0 amide bonds. The van der Waals surface area contributed by atoms with E-state index in [-0.39, 0.29) is 0 Å². The average Bonchev–Trinajstić information content (AvgIpc) is 3.10. The molecule has 1 atom stereocenters. The van der Waals surface area contributed by atoms with E-state index in [0.717, 1.165) is 16.1 Å². The lowest BCUT2D eigenvalue weighted by molar-refractivity contribution is -0.146. The highest BCUT2D eigenvalue weighted by Crippen LogP contribution is 2.33. The zero-order chi connectivity index (χ0) is 19.0. The highest BCUT2D eigenvalue weighted by molar-refractivity contribution is 7.98. The molecule has 1 aromatic heterocycles. The van der Waals surface area contributed by atoms with Crippen molar-refractivity contribution in [3.8, 4) is 5.69 Å². The Morgan fingerprint density at radius 2 is 2.04 bits per heavy atom. The highest BCUT2D eigenvalue weighted by atomic mass is 32.2. The largest absolute Gasteiger partial charge is 0.432 e. The van der Waals surface area contributed by atoms with Gasteiger partial charge < -0.3 is 4.74 Å². The van der Waals surface area contributed by atoms with Gasteiger partial charge in [-0.2, -0.15) is 0 Å². The zero-order valence-corrected chi connectivity index (χ0v) is 15.5. The van der Waals surface area contributed by atoms with Gasteiger partial charge in [0.05, 0.1) is 11.4 Å². The first-order valence-electron chi connectivity index (χ1n) is 8.30. The number of rotatable bonds is 3. The molecule has 1 unspecified atom stereocenters. The maximum atomic E-state index is 14.6. The molecular formula is C20H16FN3O2S. The fourth-order valence-electron chi connectivity index (χ4n) is 3.09. The number of carbonyl (C=O) groups is 1. The lowest BCUT2D eigenvalue weighted by Crippen LogP contribution is -2.12. The van der Waals surface area contributed by atoms with Crippen molar-refractivity contribution in [2.45, 2.75) is 18.0 Å². The first-order chi connectivity index (χ1) is 13.1. The second kappa shape index (κ2) is 7.00. The van der Waals surface area contributed by atoms with Crippen molar-refractivity contribution in [1.29, 1.82) is 0 Å². The molecule has 0 N–H and O–H groups in total. The quantitative estimate of drug-likeness (QED) is 0.505. The van der Waals surface area contributed by atoms with E-state index in [1.54, 1.807) is 42.4 Å². The van der Waals surface area contributed by atoms with Gasteiger partial charge in [-0.15, -0.1) is 11.8 Å². The van der Waals surface area contributed by atoms with Crippen LogP contribution in [0.15, 0.2) is 64.7 Å². The summed E-state index contributed by atoms with van der Waals surface area (Å²) in [4.78, 5) is 21.6. The van der Waals surface area contributed by atoms with Gasteiger partial charge in [0.25, 0.3) is 6.23 Å². The maximum Gasteiger partial charge on any atom is 0.304 e. The normalized spacial score (nSPS) is 15.4. The van der Waals surface area contributed by atoms with Crippen molar-refractivity contribution in [3.05, 3.63) is 77.6 Å². The van der Waals surface area contributed by atoms with Crippen LogP contribution in [-0.2, 0) is 9.53 Å². The Bertz CT molecular complexity index is 1060. The van der Waals surface area contributed by atoms with Crippen LogP contribution in [-0.4, -0.2) is 27.5 Å². The standard InChI is InChI=1S/C20H16FN3O2S/c1-12(25)26-20-19-22-9-10-24(19)17-8-7-13(27-2)11-15(17)18(23-20)14-5-3-4-6-16(14)21/h3-11,20H,1-2H3. The topological polar surface area (TPSA) is 56.5 Å². The highest BCUT2D eigenvalue weighted by Gasteiger charge is 2.28. The Kier molecular flexibility index (Phi) is 4.53. The molecule has 0 radical (unpaired) electrons. The summed E-state index contributed by atoms with van der Waals surface area (Å²) in [5, 5.41) is 0. The fourth-order valence-corrected chi connectivity index (χ4v) is 3.53. The van der Waals surface area contributed by atoms with Gasteiger partial charge in [-0.1, -0.05) is 12.1 Å². The molecule has 2 heterocycles. The van der Waals surface area contributed by atoms with E-state index < -0.39 is 18.0 Å². The monoisotopic (exact) mass is 381 g/mol. The van der Waals surface area contributed by atoms with E-state index in [1.807, 2.05) is 29.0 Å². The molecule has 0 aliphatic carbocycles. The fraction of sp³-hybridized carbons (Fsp3) is 0.150. The van der Waals surface area contributed by atoms with Crippen LogP contribution in [0.3, 0.4) is 0 Å². The molecule has 1 aliphatic rings. The third-order valence-corrected chi connectivity index (χ3v) is 4.99. The number of fused-ring (bicyclic) bond motifs is 3. The molecule has 3 aromatic rings. The van der Waals surface area contributed by atoms with Gasteiger partial charge in [0.2, 0.25) is 0 Å². The number of carbonyl (C=O) groups excluding carboxylic acids is 1. The Labute approximate surface area is 159 Å². The third kappa shape index (κ3) is 3.14. The minimum Gasteiger partial charge on any atom is -0.432 e. The van der Waals surface area contributed by atoms with Crippen LogP contribution in [0.5, 0.6) is 0 Å². The Morgan fingerprint density at radius 1 is 1.22 bits per heavy atom. The van der Waals surface area contributed by atoms with Crippen molar-refractivity contribution >= 4 is 23.4 Å². The molecule has 0 spiro atoms. The Morgan fingerprint density at radius 3 is 2.78 bits per heavy atom. The SMILES string of the molecule is CSc1ccc2c(c1)C(c1ccccc1F)=NC(OC(C)=O)c1nccn1-2. The van der Waals surface area contributed by atoms with E-state index in [9.17, 15) is 9.18 Å². The number of halogens is 1. The summed E-state index contributed by atoms with van der Waals surface area (Å²) in [5.74, 6) is -0.408. The van der Waals surface area contributed by atoms with Crippen LogP contribution < -0.4 is 0 Å². The summed E-state index contributed by atoms with van der Waals surface area (Å²) in [6, 6.07) is 12.3. The molecule has 0 saturated heterocycles. The predicted molar refractivity (Wildman–Crippen MR) is 102 cm³/mol. The molecule has 136 valence electrons. The third-order valence-electron chi connectivity index (χ3n) is 4.26. The van der Waals surface area contributed by atoms with Gasteiger partial charge >= 0.3 is 5.97 Å². The number of imidazole rings is 1.